The minimum absolute atomic E-state index is 0.0451. The standard InChI is InChI=1S/C12H12O2.C7H12O3.C7H12O2/c1-10(12(13)14)6-5-9-11-7-3-2-4-8-11;1-6(2)7(9)10-5-3-4-8;1-3-5-6-9-7(8)4-2/h2-5,7-9H,1,6H2,(H,13,14);8H,1,3-5H2,2H3;4H,2-3,5-6H2,1H3. The summed E-state index contributed by atoms with van der Waals surface area (Å²) in [6, 6.07) is 9.73. The van der Waals surface area contributed by atoms with E-state index in [1.54, 1.807) is 13.0 Å². The number of aliphatic hydroxyl groups is 1. The number of carboxylic acid groups (broad SMARTS) is 1. The molecule has 0 amide bonds. The highest BCUT2D eigenvalue weighted by Gasteiger charge is 2.00. The molecule has 1 aromatic carbocycles. The number of hydrogen-bond donors (Lipinski definition) is 2. The van der Waals surface area contributed by atoms with Gasteiger partial charge in [-0.25, -0.2) is 14.4 Å². The molecule has 2 N–H and O–H groups in total. The predicted octanol–water partition coefficient (Wildman–Crippen LogP) is 4.73. The van der Waals surface area contributed by atoms with Crippen molar-refractivity contribution in [1.82, 2.24) is 0 Å². The fourth-order valence-electron chi connectivity index (χ4n) is 1.72. The van der Waals surface area contributed by atoms with Gasteiger partial charge in [-0.15, -0.1) is 0 Å². The zero-order chi connectivity index (χ0) is 25.5. The Kier molecular flexibility index (Phi) is 20.9. The Morgan fingerprint density at radius 3 is 2.12 bits per heavy atom. The molecule has 0 heterocycles. The van der Waals surface area contributed by atoms with Gasteiger partial charge in [0.25, 0.3) is 0 Å². The van der Waals surface area contributed by atoms with Crippen molar-refractivity contribution < 1.29 is 34.1 Å². The van der Waals surface area contributed by atoms with Gasteiger partial charge >= 0.3 is 17.9 Å². The van der Waals surface area contributed by atoms with Gasteiger partial charge in [0.15, 0.2) is 0 Å². The second-order valence-electron chi connectivity index (χ2n) is 6.64. The molecule has 0 atom stereocenters. The summed E-state index contributed by atoms with van der Waals surface area (Å²) < 4.78 is 9.32. The number of esters is 2. The molecule has 0 bridgehead atoms. The van der Waals surface area contributed by atoms with Crippen LogP contribution >= 0.6 is 0 Å². The molecule has 182 valence electrons. The molecule has 0 unspecified atom stereocenters. The van der Waals surface area contributed by atoms with Crippen molar-refractivity contribution >= 4 is 24.0 Å². The molecule has 0 spiro atoms. The van der Waals surface area contributed by atoms with Gasteiger partial charge in [-0.1, -0.05) is 75.6 Å². The Labute approximate surface area is 196 Å². The minimum atomic E-state index is -0.942. The first-order valence-corrected chi connectivity index (χ1v) is 10.5. The third kappa shape index (κ3) is 21.6. The third-order valence-electron chi connectivity index (χ3n) is 3.57. The molecule has 0 radical (unpaired) electrons. The van der Waals surface area contributed by atoms with Crippen LogP contribution in [0.15, 0.2) is 73.4 Å². The molecule has 0 aliphatic carbocycles. The summed E-state index contributed by atoms with van der Waals surface area (Å²) in [5, 5.41) is 16.8. The summed E-state index contributed by atoms with van der Waals surface area (Å²) in [6.07, 6.45) is 7.70. The van der Waals surface area contributed by atoms with E-state index in [2.05, 4.69) is 29.2 Å². The highest BCUT2D eigenvalue weighted by atomic mass is 16.5. The molecular weight excluding hydrogens is 424 g/mol. The molecular formula is C26H36O7. The van der Waals surface area contributed by atoms with Crippen molar-refractivity contribution in [2.75, 3.05) is 19.8 Å². The molecule has 1 rings (SSSR count). The normalized spacial score (nSPS) is 9.42. The lowest BCUT2D eigenvalue weighted by Crippen LogP contribution is -2.06. The molecule has 0 aliphatic heterocycles. The monoisotopic (exact) mass is 460 g/mol. The van der Waals surface area contributed by atoms with Crippen LogP contribution in [-0.4, -0.2) is 47.9 Å². The number of rotatable bonds is 12. The lowest BCUT2D eigenvalue weighted by atomic mass is 10.1. The van der Waals surface area contributed by atoms with E-state index in [0.717, 1.165) is 18.4 Å². The zero-order valence-corrected chi connectivity index (χ0v) is 19.6. The zero-order valence-electron chi connectivity index (χ0n) is 19.6. The smallest absolute Gasteiger partial charge is 0.333 e. The topological polar surface area (TPSA) is 110 Å². The van der Waals surface area contributed by atoms with E-state index in [1.165, 1.54) is 6.08 Å². The molecule has 0 saturated heterocycles. The molecule has 33 heavy (non-hydrogen) atoms. The van der Waals surface area contributed by atoms with E-state index in [-0.39, 0.29) is 24.8 Å². The number of carbonyl (C=O) groups is 3. The van der Waals surface area contributed by atoms with E-state index >= 15 is 0 Å². The first-order valence-electron chi connectivity index (χ1n) is 10.5. The highest BCUT2D eigenvalue weighted by Crippen LogP contribution is 2.05. The van der Waals surface area contributed by atoms with Crippen molar-refractivity contribution in [3.05, 3.63) is 78.9 Å². The minimum Gasteiger partial charge on any atom is -0.478 e. The molecule has 7 nitrogen and oxygen atoms in total. The van der Waals surface area contributed by atoms with Crippen LogP contribution < -0.4 is 0 Å². The van der Waals surface area contributed by atoms with Crippen LogP contribution in [0.2, 0.25) is 0 Å². The molecule has 1 aromatic rings. The first kappa shape index (κ1) is 31.7. The van der Waals surface area contributed by atoms with Crippen molar-refractivity contribution in [1.29, 1.82) is 0 Å². The number of carboxylic acids is 1. The van der Waals surface area contributed by atoms with E-state index in [9.17, 15) is 14.4 Å². The van der Waals surface area contributed by atoms with Crippen LogP contribution in [0.1, 0.15) is 45.1 Å². The predicted molar refractivity (Wildman–Crippen MR) is 130 cm³/mol. The van der Waals surface area contributed by atoms with E-state index in [4.69, 9.17) is 10.2 Å². The molecule has 0 saturated carbocycles. The van der Waals surface area contributed by atoms with Crippen molar-refractivity contribution in [2.45, 2.75) is 39.5 Å². The van der Waals surface area contributed by atoms with Crippen LogP contribution in [0.4, 0.5) is 0 Å². The van der Waals surface area contributed by atoms with Crippen molar-refractivity contribution in [2.24, 2.45) is 0 Å². The average Bonchev–Trinajstić information content (AvgIpc) is 2.80. The summed E-state index contributed by atoms with van der Waals surface area (Å²) in [7, 11) is 0. The van der Waals surface area contributed by atoms with E-state index in [1.807, 2.05) is 43.3 Å². The van der Waals surface area contributed by atoms with Crippen molar-refractivity contribution in [3.63, 3.8) is 0 Å². The maximum Gasteiger partial charge on any atom is 0.333 e. The Bertz CT molecular complexity index is 764. The summed E-state index contributed by atoms with van der Waals surface area (Å²) in [6.45, 7) is 14.6. The number of ether oxygens (including phenoxy) is 2. The number of aliphatic carboxylic acids is 1. The summed E-state index contributed by atoms with van der Waals surface area (Å²) >= 11 is 0. The van der Waals surface area contributed by atoms with Gasteiger partial charge in [0, 0.05) is 30.2 Å². The molecule has 0 aliphatic rings. The summed E-state index contributed by atoms with van der Waals surface area (Å²) in [5.41, 5.74) is 1.65. The maximum atomic E-state index is 10.6. The number of hydrogen-bond acceptors (Lipinski definition) is 6. The lowest BCUT2D eigenvalue weighted by molar-refractivity contribution is -0.139. The quantitative estimate of drug-likeness (QED) is 0.263. The number of unbranched alkanes of at least 4 members (excludes halogenated alkanes) is 1. The van der Waals surface area contributed by atoms with Gasteiger partial charge < -0.3 is 19.7 Å². The Morgan fingerprint density at radius 1 is 1.03 bits per heavy atom. The molecule has 0 fully saturated rings. The SMILES string of the molecule is C=C(C)C(=O)OCCCO.C=C(CC=Cc1ccccc1)C(=O)O.C=CC(=O)OCCCC. The average molecular weight is 461 g/mol. The Balaban J connectivity index is 0. The fourth-order valence-corrected chi connectivity index (χ4v) is 1.72. The van der Waals surface area contributed by atoms with Crippen LogP contribution in [0, 0.1) is 0 Å². The molecule has 7 heteroatoms. The van der Waals surface area contributed by atoms with Gasteiger partial charge in [0.05, 0.1) is 13.2 Å². The highest BCUT2D eigenvalue weighted by molar-refractivity contribution is 5.87. The van der Waals surface area contributed by atoms with Gasteiger partial charge in [-0.2, -0.15) is 0 Å². The second kappa shape index (κ2) is 21.8. The number of allylic oxidation sites excluding steroid dienone is 1. The second-order valence-corrected chi connectivity index (χ2v) is 6.64. The first-order chi connectivity index (χ1) is 15.7. The van der Waals surface area contributed by atoms with Crippen LogP contribution in [-0.2, 0) is 23.9 Å². The lowest BCUT2D eigenvalue weighted by Gasteiger charge is -2.00. The van der Waals surface area contributed by atoms with Crippen LogP contribution in [0.25, 0.3) is 6.08 Å². The van der Waals surface area contributed by atoms with Gasteiger partial charge in [0.2, 0.25) is 0 Å². The number of benzene rings is 1. The molecule has 0 aromatic heterocycles. The van der Waals surface area contributed by atoms with Crippen LogP contribution in [0.5, 0.6) is 0 Å². The summed E-state index contributed by atoms with van der Waals surface area (Å²) in [4.78, 5) is 31.4. The fraction of sp³-hybridized carbons (Fsp3) is 0.346. The number of aliphatic hydroxyl groups excluding tert-OH is 1. The largest absolute Gasteiger partial charge is 0.478 e. The third-order valence-corrected chi connectivity index (χ3v) is 3.57. The van der Waals surface area contributed by atoms with E-state index < -0.39 is 11.9 Å². The summed E-state index contributed by atoms with van der Waals surface area (Å²) in [5.74, 6) is -1.67. The Morgan fingerprint density at radius 2 is 1.64 bits per heavy atom. The van der Waals surface area contributed by atoms with Gasteiger partial charge in [-0.3, -0.25) is 0 Å². The van der Waals surface area contributed by atoms with Gasteiger partial charge in [0.1, 0.15) is 0 Å². The Hall–Kier alpha value is -3.45. The maximum absolute atomic E-state index is 10.6. The van der Waals surface area contributed by atoms with Gasteiger partial charge in [-0.05, 0) is 25.3 Å². The van der Waals surface area contributed by atoms with Crippen LogP contribution in [0.3, 0.4) is 0 Å². The number of carbonyl (C=O) groups excluding carboxylic acids is 2. The van der Waals surface area contributed by atoms with Crippen molar-refractivity contribution in [3.8, 4) is 0 Å². The van der Waals surface area contributed by atoms with E-state index in [0.29, 0.717) is 25.0 Å².